The van der Waals surface area contributed by atoms with E-state index in [-0.39, 0.29) is 5.78 Å². The van der Waals surface area contributed by atoms with Crippen molar-refractivity contribution in [3.05, 3.63) is 23.8 Å². The molecule has 10 heavy (non-hydrogen) atoms. The Bertz CT molecular complexity index is 164. The molecule has 0 N–H and O–H groups in total. The average Bonchev–Trinajstić information content (AvgIpc) is 1.85. The number of ketones is 1. The minimum atomic E-state index is 0.101. The van der Waals surface area contributed by atoms with Crippen molar-refractivity contribution in [3.63, 3.8) is 0 Å². The van der Waals surface area contributed by atoms with E-state index >= 15 is 0 Å². The van der Waals surface area contributed by atoms with Crippen LogP contribution in [-0.4, -0.2) is 5.78 Å². The van der Waals surface area contributed by atoms with E-state index in [9.17, 15) is 4.79 Å². The van der Waals surface area contributed by atoms with Gasteiger partial charge in [-0.25, -0.2) is 0 Å². The molecule has 0 aliphatic carbocycles. The van der Waals surface area contributed by atoms with Crippen LogP contribution >= 0.6 is 0 Å². The van der Waals surface area contributed by atoms with Gasteiger partial charge in [-0.1, -0.05) is 24.6 Å². The molecule has 0 amide bonds. The van der Waals surface area contributed by atoms with E-state index in [2.05, 4.69) is 13.0 Å². The maximum Gasteiger partial charge on any atom is 0.152 e. The topological polar surface area (TPSA) is 17.1 Å². The Morgan fingerprint density at radius 1 is 1.30 bits per heavy atom. The minimum Gasteiger partial charge on any atom is -0.295 e. The van der Waals surface area contributed by atoms with Gasteiger partial charge in [0.05, 0.1) is 0 Å². The summed E-state index contributed by atoms with van der Waals surface area (Å²) in [5.74, 6) is 0.101. The van der Waals surface area contributed by atoms with Gasteiger partial charge in [0.25, 0.3) is 0 Å². The van der Waals surface area contributed by atoms with Crippen LogP contribution in [0.15, 0.2) is 23.8 Å². The second kappa shape index (κ2) is 4.98. The largest absolute Gasteiger partial charge is 0.295 e. The van der Waals surface area contributed by atoms with E-state index in [0.717, 1.165) is 12.0 Å². The Kier molecular flexibility index (Phi) is 4.55. The van der Waals surface area contributed by atoms with E-state index in [1.807, 2.05) is 13.0 Å². The van der Waals surface area contributed by atoms with Crippen LogP contribution in [0.3, 0.4) is 0 Å². The summed E-state index contributed by atoms with van der Waals surface area (Å²) in [7, 11) is 0. The van der Waals surface area contributed by atoms with E-state index in [4.69, 9.17) is 0 Å². The Labute approximate surface area is 62.4 Å². The molecule has 0 aromatic carbocycles. The smallest absolute Gasteiger partial charge is 0.152 e. The third-order valence-corrected chi connectivity index (χ3v) is 1.11. The SMILES string of the molecule is CC/C=C(C)\C=C/C(C)=O. The van der Waals surface area contributed by atoms with Gasteiger partial charge in [-0.15, -0.1) is 0 Å². The second-order valence-corrected chi connectivity index (χ2v) is 2.30. The number of carbonyl (C=O) groups is 1. The highest BCUT2D eigenvalue weighted by atomic mass is 16.1. The van der Waals surface area contributed by atoms with Crippen LogP contribution in [0.5, 0.6) is 0 Å². The van der Waals surface area contributed by atoms with E-state index in [1.165, 1.54) is 0 Å². The van der Waals surface area contributed by atoms with Crippen molar-refractivity contribution >= 4 is 5.78 Å². The first-order valence-electron chi connectivity index (χ1n) is 3.52. The average molecular weight is 138 g/mol. The highest BCUT2D eigenvalue weighted by Crippen LogP contribution is 1.96. The van der Waals surface area contributed by atoms with Crippen molar-refractivity contribution in [3.8, 4) is 0 Å². The molecule has 0 atom stereocenters. The van der Waals surface area contributed by atoms with E-state index < -0.39 is 0 Å². The normalized spacial score (nSPS) is 12.5. The molecule has 0 aliphatic rings. The minimum absolute atomic E-state index is 0.101. The molecule has 0 bridgehead atoms. The molecule has 0 unspecified atom stereocenters. The van der Waals surface area contributed by atoms with Crippen molar-refractivity contribution in [1.29, 1.82) is 0 Å². The van der Waals surface area contributed by atoms with Crippen LogP contribution in [0, 0.1) is 0 Å². The van der Waals surface area contributed by atoms with Gasteiger partial charge in [-0.3, -0.25) is 4.79 Å². The van der Waals surface area contributed by atoms with Crippen LogP contribution in [0.2, 0.25) is 0 Å². The maximum atomic E-state index is 10.4. The van der Waals surface area contributed by atoms with Gasteiger partial charge in [0.2, 0.25) is 0 Å². The lowest BCUT2D eigenvalue weighted by atomic mass is 10.2. The summed E-state index contributed by atoms with van der Waals surface area (Å²) in [5.41, 5.74) is 1.15. The fourth-order valence-electron chi connectivity index (χ4n) is 0.639. The predicted octanol–water partition coefficient (Wildman–Crippen LogP) is 2.49. The zero-order chi connectivity index (χ0) is 7.98. The standard InChI is InChI=1S/C9H14O/c1-4-5-8(2)6-7-9(3)10/h5-7H,4H2,1-3H3/b7-6-,8-5-. The molecular formula is C9H14O. The highest BCUT2D eigenvalue weighted by Gasteiger charge is 1.82. The monoisotopic (exact) mass is 138 g/mol. The summed E-state index contributed by atoms with van der Waals surface area (Å²) in [6.45, 7) is 5.61. The number of hydrogen-bond acceptors (Lipinski definition) is 1. The molecule has 0 saturated carbocycles. The molecular weight excluding hydrogens is 124 g/mol. The maximum absolute atomic E-state index is 10.4. The number of hydrogen-bond donors (Lipinski definition) is 0. The third-order valence-electron chi connectivity index (χ3n) is 1.11. The first-order valence-corrected chi connectivity index (χ1v) is 3.52. The van der Waals surface area contributed by atoms with Crippen LogP contribution in [-0.2, 0) is 4.79 Å². The zero-order valence-electron chi connectivity index (χ0n) is 6.85. The molecule has 0 fully saturated rings. The number of carbonyl (C=O) groups excluding carboxylic acids is 1. The molecule has 1 nitrogen and oxygen atoms in total. The van der Waals surface area contributed by atoms with Gasteiger partial charge in [-0.05, 0) is 26.3 Å². The van der Waals surface area contributed by atoms with Gasteiger partial charge in [0.15, 0.2) is 5.78 Å². The molecule has 0 saturated heterocycles. The molecule has 0 spiro atoms. The summed E-state index contributed by atoms with van der Waals surface area (Å²) in [4.78, 5) is 10.4. The Hall–Kier alpha value is -0.850. The van der Waals surface area contributed by atoms with Crippen molar-refractivity contribution < 1.29 is 4.79 Å². The lowest BCUT2D eigenvalue weighted by molar-refractivity contribution is -0.112. The third kappa shape index (κ3) is 5.29. The fraction of sp³-hybridized carbons (Fsp3) is 0.444. The summed E-state index contributed by atoms with van der Waals surface area (Å²) in [6.07, 6.45) is 6.53. The Morgan fingerprint density at radius 2 is 1.90 bits per heavy atom. The van der Waals surface area contributed by atoms with Crippen molar-refractivity contribution in [2.24, 2.45) is 0 Å². The first kappa shape index (κ1) is 9.15. The van der Waals surface area contributed by atoms with Gasteiger partial charge < -0.3 is 0 Å². The summed E-state index contributed by atoms with van der Waals surface area (Å²) >= 11 is 0. The van der Waals surface area contributed by atoms with Gasteiger partial charge in [0.1, 0.15) is 0 Å². The fourth-order valence-corrected chi connectivity index (χ4v) is 0.639. The lowest BCUT2D eigenvalue weighted by Crippen LogP contribution is -1.79. The molecule has 1 heteroatoms. The molecule has 0 aromatic heterocycles. The summed E-state index contributed by atoms with van der Waals surface area (Å²) in [5, 5.41) is 0. The Balaban J connectivity index is 3.89. The lowest BCUT2D eigenvalue weighted by Gasteiger charge is -1.87. The van der Waals surface area contributed by atoms with Gasteiger partial charge in [-0.2, -0.15) is 0 Å². The molecule has 0 rings (SSSR count). The first-order chi connectivity index (χ1) is 4.66. The van der Waals surface area contributed by atoms with Crippen LogP contribution in [0.1, 0.15) is 27.2 Å². The predicted molar refractivity (Wildman–Crippen MR) is 43.9 cm³/mol. The van der Waals surface area contributed by atoms with Gasteiger partial charge >= 0.3 is 0 Å². The second-order valence-electron chi connectivity index (χ2n) is 2.30. The highest BCUT2D eigenvalue weighted by molar-refractivity contribution is 5.87. The van der Waals surface area contributed by atoms with Crippen LogP contribution < -0.4 is 0 Å². The molecule has 0 radical (unpaired) electrons. The zero-order valence-corrected chi connectivity index (χ0v) is 6.85. The molecule has 0 aromatic rings. The van der Waals surface area contributed by atoms with Crippen molar-refractivity contribution in [1.82, 2.24) is 0 Å². The Morgan fingerprint density at radius 3 is 2.30 bits per heavy atom. The van der Waals surface area contributed by atoms with E-state index in [0.29, 0.717) is 0 Å². The summed E-state index contributed by atoms with van der Waals surface area (Å²) in [6, 6.07) is 0. The van der Waals surface area contributed by atoms with Gasteiger partial charge in [0, 0.05) is 0 Å². The molecule has 0 aliphatic heterocycles. The number of allylic oxidation sites excluding steroid dienone is 4. The van der Waals surface area contributed by atoms with Crippen LogP contribution in [0.4, 0.5) is 0 Å². The summed E-state index contributed by atoms with van der Waals surface area (Å²) < 4.78 is 0. The van der Waals surface area contributed by atoms with Crippen molar-refractivity contribution in [2.45, 2.75) is 27.2 Å². The number of rotatable bonds is 3. The van der Waals surface area contributed by atoms with E-state index in [1.54, 1.807) is 13.0 Å². The van der Waals surface area contributed by atoms with Crippen LogP contribution in [0.25, 0.3) is 0 Å². The quantitative estimate of drug-likeness (QED) is 0.432. The molecule has 56 valence electrons. The van der Waals surface area contributed by atoms with Crippen molar-refractivity contribution in [2.75, 3.05) is 0 Å². The molecule has 0 heterocycles.